The lowest BCUT2D eigenvalue weighted by atomic mass is 10.1. The maximum atomic E-state index is 12.5. The van der Waals surface area contributed by atoms with Crippen molar-refractivity contribution in [2.24, 2.45) is 0 Å². The number of nitrogens with zero attached hydrogens (tertiary/aromatic N) is 3. The summed E-state index contributed by atoms with van der Waals surface area (Å²) < 4.78 is 0. The molecule has 1 fully saturated rings. The summed E-state index contributed by atoms with van der Waals surface area (Å²) >= 11 is 0. The quantitative estimate of drug-likeness (QED) is 0.849. The maximum absolute atomic E-state index is 12.5. The monoisotopic (exact) mass is 323 g/mol. The molecule has 1 aliphatic heterocycles. The van der Waals surface area contributed by atoms with Crippen molar-refractivity contribution in [3.05, 3.63) is 66.0 Å². The van der Waals surface area contributed by atoms with Gasteiger partial charge in [0.2, 0.25) is 5.91 Å². The van der Waals surface area contributed by atoms with E-state index in [-0.39, 0.29) is 5.91 Å². The SMILES string of the molecule is O=C(CCc1cccnc1)N1CCCN(Cc2ccccc2)CC1. The molecule has 24 heavy (non-hydrogen) atoms. The molecule has 1 aromatic carbocycles. The van der Waals surface area contributed by atoms with Crippen LogP contribution in [0.1, 0.15) is 24.0 Å². The van der Waals surface area contributed by atoms with Crippen molar-refractivity contribution < 1.29 is 4.79 Å². The molecule has 4 heteroatoms. The van der Waals surface area contributed by atoms with Gasteiger partial charge in [-0.15, -0.1) is 0 Å². The van der Waals surface area contributed by atoms with Crippen molar-refractivity contribution >= 4 is 5.91 Å². The Labute approximate surface area is 144 Å². The molecule has 2 aromatic rings. The number of carbonyl (C=O) groups excluding carboxylic acids is 1. The number of aryl methyl sites for hydroxylation is 1. The van der Waals surface area contributed by atoms with Gasteiger partial charge < -0.3 is 4.90 Å². The van der Waals surface area contributed by atoms with Crippen molar-refractivity contribution in [2.75, 3.05) is 26.2 Å². The maximum Gasteiger partial charge on any atom is 0.222 e. The molecule has 126 valence electrons. The normalized spacial score (nSPS) is 15.9. The minimum atomic E-state index is 0.264. The third-order valence-corrected chi connectivity index (χ3v) is 4.54. The number of hydrogen-bond acceptors (Lipinski definition) is 3. The summed E-state index contributed by atoms with van der Waals surface area (Å²) in [6.07, 6.45) is 6.01. The van der Waals surface area contributed by atoms with Crippen molar-refractivity contribution in [3.8, 4) is 0 Å². The van der Waals surface area contributed by atoms with Gasteiger partial charge in [-0.05, 0) is 30.0 Å². The van der Waals surface area contributed by atoms with Gasteiger partial charge in [0.1, 0.15) is 0 Å². The third kappa shape index (κ3) is 4.90. The lowest BCUT2D eigenvalue weighted by Gasteiger charge is -2.22. The van der Waals surface area contributed by atoms with Crippen LogP contribution in [-0.2, 0) is 17.8 Å². The van der Waals surface area contributed by atoms with Crippen LogP contribution in [0.4, 0.5) is 0 Å². The summed E-state index contributed by atoms with van der Waals surface area (Å²) in [5.74, 6) is 0.264. The fourth-order valence-corrected chi connectivity index (χ4v) is 3.18. The minimum absolute atomic E-state index is 0.264. The van der Waals surface area contributed by atoms with Crippen LogP contribution < -0.4 is 0 Å². The fourth-order valence-electron chi connectivity index (χ4n) is 3.18. The van der Waals surface area contributed by atoms with E-state index in [2.05, 4.69) is 40.2 Å². The molecule has 0 N–H and O–H groups in total. The molecule has 0 spiro atoms. The molecule has 1 aliphatic rings. The summed E-state index contributed by atoms with van der Waals surface area (Å²) in [6, 6.07) is 14.5. The topological polar surface area (TPSA) is 36.4 Å². The zero-order valence-electron chi connectivity index (χ0n) is 14.1. The van der Waals surface area contributed by atoms with E-state index in [9.17, 15) is 4.79 Å². The largest absolute Gasteiger partial charge is 0.341 e. The van der Waals surface area contributed by atoms with Gasteiger partial charge in [0, 0.05) is 51.5 Å². The number of rotatable bonds is 5. The predicted molar refractivity (Wildman–Crippen MR) is 95.5 cm³/mol. The van der Waals surface area contributed by atoms with Crippen LogP contribution in [0.5, 0.6) is 0 Å². The number of aromatic nitrogens is 1. The van der Waals surface area contributed by atoms with Crippen LogP contribution in [0, 0.1) is 0 Å². The molecule has 0 unspecified atom stereocenters. The summed E-state index contributed by atoms with van der Waals surface area (Å²) in [5, 5.41) is 0. The van der Waals surface area contributed by atoms with Crippen molar-refractivity contribution in [1.82, 2.24) is 14.8 Å². The van der Waals surface area contributed by atoms with Crippen LogP contribution in [-0.4, -0.2) is 46.9 Å². The van der Waals surface area contributed by atoms with Crippen LogP contribution in [0.15, 0.2) is 54.9 Å². The highest BCUT2D eigenvalue weighted by Gasteiger charge is 2.18. The van der Waals surface area contributed by atoms with Gasteiger partial charge >= 0.3 is 0 Å². The molecule has 0 bridgehead atoms. The Bertz CT molecular complexity index is 630. The molecule has 1 aromatic heterocycles. The van der Waals surface area contributed by atoms with Crippen LogP contribution >= 0.6 is 0 Å². The first-order chi connectivity index (χ1) is 11.8. The molecule has 0 aliphatic carbocycles. The lowest BCUT2D eigenvalue weighted by molar-refractivity contribution is -0.131. The van der Waals surface area contributed by atoms with Gasteiger partial charge in [-0.3, -0.25) is 14.7 Å². The number of amides is 1. The molecule has 3 rings (SSSR count). The Morgan fingerprint density at radius 1 is 0.958 bits per heavy atom. The highest BCUT2D eigenvalue weighted by molar-refractivity contribution is 5.76. The summed E-state index contributed by atoms with van der Waals surface area (Å²) in [5.41, 5.74) is 2.47. The van der Waals surface area contributed by atoms with E-state index in [4.69, 9.17) is 0 Å². The van der Waals surface area contributed by atoms with Crippen LogP contribution in [0.3, 0.4) is 0 Å². The van der Waals surface area contributed by atoms with Crippen LogP contribution in [0.25, 0.3) is 0 Å². The van der Waals surface area contributed by atoms with Gasteiger partial charge in [-0.25, -0.2) is 0 Å². The number of benzene rings is 1. The molecule has 0 radical (unpaired) electrons. The average Bonchev–Trinajstić information content (AvgIpc) is 2.87. The van der Waals surface area contributed by atoms with E-state index in [1.54, 1.807) is 6.20 Å². The Balaban J connectivity index is 1.47. The zero-order chi connectivity index (χ0) is 16.6. The molecule has 1 amide bonds. The van der Waals surface area contributed by atoms with Gasteiger partial charge in [0.05, 0.1) is 0 Å². The van der Waals surface area contributed by atoms with Crippen LogP contribution in [0.2, 0.25) is 0 Å². The molecule has 4 nitrogen and oxygen atoms in total. The second-order valence-corrected chi connectivity index (χ2v) is 6.36. The first-order valence-corrected chi connectivity index (χ1v) is 8.74. The first kappa shape index (κ1) is 16.7. The number of hydrogen-bond donors (Lipinski definition) is 0. The Morgan fingerprint density at radius 2 is 1.79 bits per heavy atom. The standard InChI is InChI=1S/C20H25N3O/c24-20(10-9-18-8-4-11-21-16-18)23-13-5-12-22(14-15-23)17-19-6-2-1-3-7-19/h1-4,6-8,11,16H,5,9-10,12-15,17H2. The number of pyridine rings is 1. The first-order valence-electron chi connectivity index (χ1n) is 8.74. The van der Waals surface area contributed by atoms with E-state index in [0.717, 1.165) is 51.1 Å². The van der Waals surface area contributed by atoms with Gasteiger partial charge in [-0.2, -0.15) is 0 Å². The summed E-state index contributed by atoms with van der Waals surface area (Å²) in [6.45, 7) is 4.68. The second kappa shape index (κ2) is 8.60. The smallest absolute Gasteiger partial charge is 0.222 e. The molecule has 2 heterocycles. The zero-order valence-corrected chi connectivity index (χ0v) is 14.1. The lowest BCUT2D eigenvalue weighted by Crippen LogP contribution is -2.35. The Kier molecular flexibility index (Phi) is 5.96. The molecular weight excluding hydrogens is 298 g/mol. The van der Waals surface area contributed by atoms with E-state index >= 15 is 0 Å². The Hall–Kier alpha value is -2.20. The van der Waals surface area contributed by atoms with E-state index in [0.29, 0.717) is 6.42 Å². The highest BCUT2D eigenvalue weighted by Crippen LogP contribution is 2.11. The summed E-state index contributed by atoms with van der Waals surface area (Å²) in [7, 11) is 0. The van der Waals surface area contributed by atoms with Gasteiger partial charge in [0.15, 0.2) is 0 Å². The van der Waals surface area contributed by atoms with Crippen molar-refractivity contribution in [2.45, 2.75) is 25.8 Å². The third-order valence-electron chi connectivity index (χ3n) is 4.54. The van der Waals surface area contributed by atoms with E-state index in [1.165, 1.54) is 5.56 Å². The van der Waals surface area contributed by atoms with Gasteiger partial charge in [0.25, 0.3) is 0 Å². The van der Waals surface area contributed by atoms with Gasteiger partial charge in [-0.1, -0.05) is 36.4 Å². The van der Waals surface area contributed by atoms with Crippen molar-refractivity contribution in [1.29, 1.82) is 0 Å². The molecule has 0 atom stereocenters. The highest BCUT2D eigenvalue weighted by atomic mass is 16.2. The van der Waals surface area contributed by atoms with Crippen molar-refractivity contribution in [3.63, 3.8) is 0 Å². The number of carbonyl (C=O) groups is 1. The predicted octanol–water partition coefficient (Wildman–Crippen LogP) is 2.75. The second-order valence-electron chi connectivity index (χ2n) is 6.36. The van der Waals surface area contributed by atoms with E-state index < -0.39 is 0 Å². The molecular formula is C20H25N3O. The fraction of sp³-hybridized carbons (Fsp3) is 0.400. The molecule has 0 saturated carbocycles. The molecule has 1 saturated heterocycles. The Morgan fingerprint density at radius 3 is 2.58 bits per heavy atom. The van der Waals surface area contributed by atoms with E-state index in [1.807, 2.05) is 23.2 Å². The minimum Gasteiger partial charge on any atom is -0.341 e. The average molecular weight is 323 g/mol. The summed E-state index contributed by atoms with van der Waals surface area (Å²) in [4.78, 5) is 21.1.